The quantitative estimate of drug-likeness (QED) is 0.315. The Morgan fingerprint density at radius 1 is 1.05 bits per heavy atom. The van der Waals surface area contributed by atoms with Crippen LogP contribution in [0.15, 0.2) is 0 Å². The van der Waals surface area contributed by atoms with Gasteiger partial charge in [0.15, 0.2) is 0 Å². The molecule has 0 fully saturated rings. The van der Waals surface area contributed by atoms with Gasteiger partial charge in [0.05, 0.1) is 0 Å². The van der Waals surface area contributed by atoms with E-state index < -0.39 is 29.9 Å². The molecule has 0 bridgehead atoms. The van der Waals surface area contributed by atoms with Crippen molar-refractivity contribution >= 4 is 23.8 Å². The molecule has 0 aromatic rings. The van der Waals surface area contributed by atoms with Crippen molar-refractivity contribution in [3.05, 3.63) is 0 Å². The monoisotopic (exact) mass is 274 g/mol. The van der Waals surface area contributed by atoms with Gasteiger partial charge in [-0.1, -0.05) is 0 Å². The van der Waals surface area contributed by atoms with Crippen molar-refractivity contribution in [2.75, 3.05) is 6.54 Å². The van der Waals surface area contributed by atoms with Crippen LogP contribution in [0.5, 0.6) is 0 Å². The van der Waals surface area contributed by atoms with Crippen LogP contribution >= 0.6 is 0 Å². The molecule has 0 radical (unpaired) electrons. The van der Waals surface area contributed by atoms with Crippen LogP contribution in [0.4, 0.5) is 4.79 Å². The number of amides is 4. The second kappa shape index (κ2) is 8.72. The minimum absolute atomic E-state index is 0.0840. The third-order valence-electron chi connectivity index (χ3n) is 2.17. The normalized spacial score (nSPS) is 11.4. The van der Waals surface area contributed by atoms with Gasteiger partial charge in [-0.3, -0.25) is 9.59 Å². The van der Waals surface area contributed by atoms with E-state index in [2.05, 4.69) is 10.6 Å². The highest BCUT2D eigenvalue weighted by atomic mass is 16.4. The molecule has 19 heavy (non-hydrogen) atoms. The summed E-state index contributed by atoms with van der Waals surface area (Å²) in [4.78, 5) is 43.1. The number of carboxylic acids is 1. The van der Waals surface area contributed by atoms with Crippen molar-refractivity contribution in [1.82, 2.24) is 10.6 Å². The Morgan fingerprint density at radius 2 is 1.63 bits per heavy atom. The number of primary amides is 2. The summed E-state index contributed by atoms with van der Waals surface area (Å²) in [6, 6.07) is -1.88. The van der Waals surface area contributed by atoms with Gasteiger partial charge in [0.1, 0.15) is 6.04 Å². The molecule has 0 saturated heterocycles. The van der Waals surface area contributed by atoms with Crippen LogP contribution in [-0.2, 0) is 14.4 Å². The van der Waals surface area contributed by atoms with E-state index in [1.165, 1.54) is 0 Å². The van der Waals surface area contributed by atoms with E-state index >= 15 is 0 Å². The average molecular weight is 274 g/mol. The Hall–Kier alpha value is -2.32. The lowest BCUT2D eigenvalue weighted by atomic mass is 10.1. The smallest absolute Gasteiger partial charge is 0.326 e. The summed E-state index contributed by atoms with van der Waals surface area (Å²) in [6.07, 6.45) is 0.268. The highest BCUT2D eigenvalue weighted by molar-refractivity contribution is 5.83. The second-order valence-electron chi connectivity index (χ2n) is 3.87. The number of nitrogens with two attached hydrogens (primary N) is 2. The first kappa shape index (κ1) is 16.7. The zero-order valence-corrected chi connectivity index (χ0v) is 10.3. The molecule has 0 aromatic heterocycles. The minimum atomic E-state index is -1.26. The lowest BCUT2D eigenvalue weighted by Crippen LogP contribution is -2.46. The molecule has 9 nitrogen and oxygen atoms in total. The van der Waals surface area contributed by atoms with Gasteiger partial charge in [0, 0.05) is 19.4 Å². The molecule has 0 aliphatic heterocycles. The van der Waals surface area contributed by atoms with Crippen molar-refractivity contribution in [1.29, 1.82) is 0 Å². The average Bonchev–Trinajstić information content (AvgIpc) is 2.29. The van der Waals surface area contributed by atoms with Crippen LogP contribution in [0.2, 0.25) is 0 Å². The van der Waals surface area contributed by atoms with Gasteiger partial charge in [-0.15, -0.1) is 0 Å². The molecule has 9 heteroatoms. The van der Waals surface area contributed by atoms with Gasteiger partial charge in [-0.2, -0.15) is 0 Å². The molecular weight excluding hydrogens is 256 g/mol. The molecule has 0 aliphatic carbocycles. The number of nitrogens with one attached hydrogen (secondary N) is 2. The molecule has 0 saturated carbocycles. The molecule has 7 N–H and O–H groups in total. The van der Waals surface area contributed by atoms with Crippen molar-refractivity contribution in [3.8, 4) is 0 Å². The lowest BCUT2D eigenvalue weighted by molar-refractivity contribution is -0.139. The van der Waals surface area contributed by atoms with Gasteiger partial charge in [0.2, 0.25) is 11.8 Å². The van der Waals surface area contributed by atoms with Crippen LogP contribution < -0.4 is 22.1 Å². The summed E-state index contributed by atoms with van der Waals surface area (Å²) in [5, 5.41) is 13.4. The van der Waals surface area contributed by atoms with Crippen LogP contribution in [-0.4, -0.2) is 41.5 Å². The maximum atomic E-state index is 11.3. The number of carbonyl (C=O) groups excluding carboxylic acids is 3. The highest BCUT2D eigenvalue weighted by Gasteiger charge is 2.20. The molecule has 0 spiro atoms. The largest absolute Gasteiger partial charge is 0.480 e. The van der Waals surface area contributed by atoms with Crippen LogP contribution in [0, 0.1) is 0 Å². The third kappa shape index (κ3) is 9.39. The van der Waals surface area contributed by atoms with E-state index in [9.17, 15) is 19.2 Å². The summed E-state index contributed by atoms with van der Waals surface area (Å²) in [5.41, 5.74) is 9.80. The van der Waals surface area contributed by atoms with E-state index in [1.807, 2.05) is 0 Å². The Bertz CT molecular complexity index is 358. The van der Waals surface area contributed by atoms with Crippen molar-refractivity contribution < 1.29 is 24.3 Å². The van der Waals surface area contributed by atoms with Crippen molar-refractivity contribution in [3.63, 3.8) is 0 Å². The Balaban J connectivity index is 3.99. The summed E-state index contributed by atoms with van der Waals surface area (Å²) in [7, 11) is 0. The number of carboxylic acid groups (broad SMARTS) is 1. The van der Waals surface area contributed by atoms with Gasteiger partial charge in [-0.25, -0.2) is 9.59 Å². The fraction of sp³-hybridized carbons (Fsp3) is 0.600. The summed E-state index contributed by atoms with van der Waals surface area (Å²) in [6.45, 7) is 0.191. The van der Waals surface area contributed by atoms with E-state index in [-0.39, 0.29) is 25.8 Å². The predicted octanol–water partition coefficient (Wildman–Crippen LogP) is -1.73. The standard InChI is InChI=1S/C10H18N4O5/c11-7(15)2-1-5-13-10(19)14-6(9(17)18)3-4-8(12)16/h6H,1-5H2,(H2,11,15)(H2,12,16)(H,17,18)(H2,13,14,19)/t6-/m1/s1. The Labute approximate surface area is 109 Å². The molecule has 108 valence electrons. The van der Waals surface area contributed by atoms with E-state index in [0.29, 0.717) is 6.42 Å². The van der Waals surface area contributed by atoms with Crippen LogP contribution in [0.3, 0.4) is 0 Å². The first-order valence-corrected chi connectivity index (χ1v) is 5.66. The first-order valence-electron chi connectivity index (χ1n) is 5.66. The second-order valence-corrected chi connectivity index (χ2v) is 3.87. The number of urea groups is 1. The van der Waals surface area contributed by atoms with E-state index in [1.54, 1.807) is 0 Å². The van der Waals surface area contributed by atoms with Gasteiger partial charge in [-0.05, 0) is 12.8 Å². The van der Waals surface area contributed by atoms with Gasteiger partial charge in [0.25, 0.3) is 0 Å². The summed E-state index contributed by atoms with van der Waals surface area (Å²) < 4.78 is 0. The van der Waals surface area contributed by atoms with E-state index in [0.717, 1.165) is 0 Å². The topological polar surface area (TPSA) is 165 Å². The highest BCUT2D eigenvalue weighted by Crippen LogP contribution is 1.97. The van der Waals surface area contributed by atoms with Crippen molar-refractivity contribution in [2.45, 2.75) is 31.7 Å². The zero-order valence-electron chi connectivity index (χ0n) is 10.3. The van der Waals surface area contributed by atoms with Crippen molar-refractivity contribution in [2.24, 2.45) is 11.5 Å². The number of hydrogen-bond acceptors (Lipinski definition) is 4. The van der Waals surface area contributed by atoms with Crippen LogP contribution in [0.25, 0.3) is 0 Å². The van der Waals surface area contributed by atoms with E-state index in [4.69, 9.17) is 16.6 Å². The number of rotatable bonds is 9. The van der Waals surface area contributed by atoms with Gasteiger partial charge < -0.3 is 27.2 Å². The maximum absolute atomic E-state index is 11.3. The molecule has 0 aromatic carbocycles. The number of hydrogen-bond donors (Lipinski definition) is 5. The lowest BCUT2D eigenvalue weighted by Gasteiger charge is -2.14. The molecule has 1 atom stereocenters. The fourth-order valence-electron chi connectivity index (χ4n) is 1.22. The summed E-state index contributed by atoms with van der Waals surface area (Å²) >= 11 is 0. The molecular formula is C10H18N4O5. The molecule has 0 unspecified atom stereocenters. The number of aliphatic carboxylic acids is 1. The molecule has 0 heterocycles. The first-order chi connectivity index (χ1) is 8.82. The number of carbonyl (C=O) groups is 4. The Morgan fingerprint density at radius 3 is 2.11 bits per heavy atom. The minimum Gasteiger partial charge on any atom is -0.480 e. The SMILES string of the molecule is NC(=O)CCCNC(=O)N[C@H](CCC(N)=O)C(=O)O. The molecule has 0 aliphatic rings. The predicted molar refractivity (Wildman–Crippen MR) is 64.8 cm³/mol. The zero-order chi connectivity index (χ0) is 14.8. The van der Waals surface area contributed by atoms with Gasteiger partial charge >= 0.3 is 12.0 Å². The third-order valence-corrected chi connectivity index (χ3v) is 2.17. The Kier molecular flexibility index (Phi) is 7.66. The molecule has 4 amide bonds. The van der Waals surface area contributed by atoms with Crippen LogP contribution in [0.1, 0.15) is 25.7 Å². The summed E-state index contributed by atoms with van der Waals surface area (Å²) in [5.74, 6) is -2.38. The fourth-order valence-corrected chi connectivity index (χ4v) is 1.22. The molecule has 0 rings (SSSR count). The maximum Gasteiger partial charge on any atom is 0.326 e.